The molecule has 1 aromatic heterocycles. The third-order valence-corrected chi connectivity index (χ3v) is 4.35. The molecule has 0 spiro atoms. The molecule has 2 atom stereocenters. The van der Waals surface area contributed by atoms with E-state index in [0.717, 1.165) is 24.3 Å². The lowest BCUT2D eigenvalue weighted by atomic mass is 10.1. The normalized spacial score (nSPS) is 21.4. The van der Waals surface area contributed by atoms with Gasteiger partial charge in [-0.15, -0.1) is 11.3 Å². The number of nitrogens with zero attached hydrogens (tertiary/aromatic N) is 1. The van der Waals surface area contributed by atoms with E-state index < -0.39 is 5.97 Å². The number of thiazole rings is 1. The first-order valence-corrected chi connectivity index (χ1v) is 8.02. The van der Waals surface area contributed by atoms with Crippen molar-refractivity contribution in [2.24, 2.45) is 0 Å². The molecule has 0 radical (unpaired) electrons. The lowest BCUT2D eigenvalue weighted by Gasteiger charge is -2.10. The summed E-state index contributed by atoms with van der Waals surface area (Å²) in [4.78, 5) is 26.4. The van der Waals surface area contributed by atoms with E-state index in [1.54, 1.807) is 0 Å². The second-order valence-electron chi connectivity index (χ2n) is 5.22. The minimum atomic E-state index is -1.02. The van der Waals surface area contributed by atoms with Crippen LogP contribution in [0.1, 0.15) is 48.1 Å². The van der Waals surface area contributed by atoms with Crippen molar-refractivity contribution in [2.75, 3.05) is 6.54 Å². The van der Waals surface area contributed by atoms with Crippen molar-refractivity contribution in [3.63, 3.8) is 0 Å². The van der Waals surface area contributed by atoms with Crippen molar-refractivity contribution in [3.05, 3.63) is 16.1 Å². The van der Waals surface area contributed by atoms with Crippen molar-refractivity contribution in [3.8, 4) is 0 Å². The van der Waals surface area contributed by atoms with Gasteiger partial charge in [0.25, 0.3) is 0 Å². The van der Waals surface area contributed by atoms with Crippen LogP contribution < -0.4 is 5.32 Å². The van der Waals surface area contributed by atoms with E-state index in [0.29, 0.717) is 25.5 Å². The molecular weight excluding hydrogens is 292 g/mol. The molecule has 7 heteroatoms. The maximum absolute atomic E-state index is 11.7. The van der Waals surface area contributed by atoms with Gasteiger partial charge in [-0.05, 0) is 26.2 Å². The highest BCUT2D eigenvalue weighted by Gasteiger charge is 2.22. The van der Waals surface area contributed by atoms with Crippen LogP contribution in [0.2, 0.25) is 0 Å². The Kier molecular flexibility index (Phi) is 5.69. The smallest absolute Gasteiger partial charge is 0.355 e. The number of amides is 1. The van der Waals surface area contributed by atoms with Crippen LogP contribution in [-0.4, -0.2) is 40.7 Å². The van der Waals surface area contributed by atoms with Gasteiger partial charge in [-0.1, -0.05) is 0 Å². The first-order valence-electron chi connectivity index (χ1n) is 7.14. The van der Waals surface area contributed by atoms with E-state index in [1.165, 1.54) is 16.7 Å². The molecular formula is C14H20N2O4S. The highest BCUT2D eigenvalue weighted by molar-refractivity contribution is 7.09. The number of hydrogen-bond acceptors (Lipinski definition) is 5. The summed E-state index contributed by atoms with van der Waals surface area (Å²) >= 11 is 1.30. The van der Waals surface area contributed by atoms with Gasteiger partial charge in [0.15, 0.2) is 5.69 Å². The summed E-state index contributed by atoms with van der Waals surface area (Å²) in [7, 11) is 0. The van der Waals surface area contributed by atoms with Gasteiger partial charge < -0.3 is 15.2 Å². The zero-order valence-electron chi connectivity index (χ0n) is 12.0. The first kappa shape index (κ1) is 15.9. The number of hydrogen-bond donors (Lipinski definition) is 2. The molecule has 116 valence electrons. The Hall–Kier alpha value is -1.47. The first-order chi connectivity index (χ1) is 10.0. The van der Waals surface area contributed by atoms with Crippen molar-refractivity contribution in [2.45, 2.75) is 51.2 Å². The monoisotopic (exact) mass is 312 g/mol. The van der Waals surface area contributed by atoms with Crippen molar-refractivity contribution < 1.29 is 19.4 Å². The van der Waals surface area contributed by atoms with E-state index in [-0.39, 0.29) is 17.7 Å². The van der Waals surface area contributed by atoms with Gasteiger partial charge in [0.1, 0.15) is 0 Å². The summed E-state index contributed by atoms with van der Waals surface area (Å²) in [6, 6.07) is 0. The zero-order valence-corrected chi connectivity index (χ0v) is 12.8. The highest BCUT2D eigenvalue weighted by atomic mass is 32.1. The molecule has 1 amide bonds. The molecule has 2 unspecified atom stereocenters. The number of carboxylic acids is 1. The number of rotatable bonds is 7. The molecule has 0 aliphatic carbocycles. The van der Waals surface area contributed by atoms with E-state index in [2.05, 4.69) is 17.2 Å². The Morgan fingerprint density at radius 3 is 2.95 bits per heavy atom. The van der Waals surface area contributed by atoms with Gasteiger partial charge in [0.2, 0.25) is 5.91 Å². The predicted molar refractivity (Wildman–Crippen MR) is 78.6 cm³/mol. The molecule has 1 saturated heterocycles. The lowest BCUT2D eigenvalue weighted by molar-refractivity contribution is -0.121. The average molecular weight is 312 g/mol. The second-order valence-corrected chi connectivity index (χ2v) is 6.16. The standard InChI is InChI=1S/C14H20N2O4S/c1-9-2-3-10(20-9)4-5-12(17)15-7-6-13-16-11(8-21-13)14(18)19/h8-10H,2-7H2,1H3,(H,15,17)(H,18,19). The topological polar surface area (TPSA) is 88.5 Å². The fourth-order valence-corrected chi connectivity index (χ4v) is 3.08. The Morgan fingerprint density at radius 1 is 1.52 bits per heavy atom. The molecule has 1 aliphatic heterocycles. The number of carboxylic acid groups (broad SMARTS) is 1. The van der Waals surface area contributed by atoms with E-state index in [4.69, 9.17) is 9.84 Å². The predicted octanol–water partition coefficient (Wildman–Crippen LogP) is 1.85. The largest absolute Gasteiger partial charge is 0.476 e. The highest BCUT2D eigenvalue weighted by Crippen LogP contribution is 2.22. The Morgan fingerprint density at radius 2 is 2.33 bits per heavy atom. The average Bonchev–Trinajstić information content (AvgIpc) is 3.05. The Balaban J connectivity index is 1.61. The van der Waals surface area contributed by atoms with Crippen LogP contribution in [0.25, 0.3) is 0 Å². The lowest BCUT2D eigenvalue weighted by Crippen LogP contribution is -2.26. The minimum Gasteiger partial charge on any atom is -0.476 e. The fourth-order valence-electron chi connectivity index (χ4n) is 2.31. The van der Waals surface area contributed by atoms with Crippen LogP contribution in [0, 0.1) is 0 Å². The van der Waals surface area contributed by atoms with Gasteiger partial charge in [-0.25, -0.2) is 9.78 Å². The summed E-state index contributed by atoms with van der Waals surface area (Å²) in [5, 5.41) is 13.8. The summed E-state index contributed by atoms with van der Waals surface area (Å²) < 4.78 is 5.67. The third-order valence-electron chi connectivity index (χ3n) is 3.45. The van der Waals surface area contributed by atoms with Gasteiger partial charge in [-0.3, -0.25) is 4.79 Å². The van der Waals surface area contributed by atoms with Gasteiger partial charge in [-0.2, -0.15) is 0 Å². The Bertz CT molecular complexity index is 503. The van der Waals surface area contributed by atoms with Gasteiger partial charge >= 0.3 is 5.97 Å². The van der Waals surface area contributed by atoms with Crippen molar-refractivity contribution in [1.82, 2.24) is 10.3 Å². The van der Waals surface area contributed by atoms with Crippen LogP contribution >= 0.6 is 11.3 Å². The van der Waals surface area contributed by atoms with E-state index in [9.17, 15) is 9.59 Å². The number of aromatic carboxylic acids is 1. The number of carbonyl (C=O) groups is 2. The zero-order chi connectivity index (χ0) is 15.2. The van der Waals surface area contributed by atoms with Gasteiger partial charge in [0.05, 0.1) is 17.2 Å². The van der Waals surface area contributed by atoms with Crippen LogP contribution in [0.4, 0.5) is 0 Å². The van der Waals surface area contributed by atoms with Crippen molar-refractivity contribution in [1.29, 1.82) is 0 Å². The second kappa shape index (κ2) is 7.51. The summed E-state index contributed by atoms with van der Waals surface area (Å²) in [6.45, 7) is 2.53. The fraction of sp³-hybridized carbons (Fsp3) is 0.643. The number of ether oxygens (including phenoxy) is 1. The SMILES string of the molecule is CC1CCC(CCC(=O)NCCc2nc(C(=O)O)cs2)O1. The summed E-state index contributed by atoms with van der Waals surface area (Å²) in [5.41, 5.74) is 0.0637. The minimum absolute atomic E-state index is 0.00756. The summed E-state index contributed by atoms with van der Waals surface area (Å²) in [5.74, 6) is -1.01. The third kappa shape index (κ3) is 5.09. The molecule has 1 aromatic rings. The van der Waals surface area contributed by atoms with Crippen LogP contribution in [-0.2, 0) is 16.0 Å². The van der Waals surface area contributed by atoms with Crippen LogP contribution in [0.5, 0.6) is 0 Å². The molecule has 0 bridgehead atoms. The number of carbonyl (C=O) groups excluding carboxylic acids is 1. The summed E-state index contributed by atoms with van der Waals surface area (Å²) in [6.07, 6.45) is 4.41. The molecule has 2 heterocycles. The van der Waals surface area contributed by atoms with Gasteiger partial charge in [0, 0.05) is 24.8 Å². The van der Waals surface area contributed by atoms with Crippen LogP contribution in [0.15, 0.2) is 5.38 Å². The molecule has 2 N–H and O–H groups in total. The van der Waals surface area contributed by atoms with E-state index in [1.807, 2.05) is 0 Å². The molecule has 0 aromatic carbocycles. The maximum atomic E-state index is 11.7. The molecule has 2 rings (SSSR count). The molecule has 6 nitrogen and oxygen atoms in total. The van der Waals surface area contributed by atoms with Crippen LogP contribution in [0.3, 0.4) is 0 Å². The molecule has 21 heavy (non-hydrogen) atoms. The van der Waals surface area contributed by atoms with Crippen molar-refractivity contribution >= 4 is 23.2 Å². The Labute approximate surface area is 127 Å². The molecule has 0 saturated carbocycles. The molecule has 1 fully saturated rings. The maximum Gasteiger partial charge on any atom is 0.355 e. The number of nitrogens with one attached hydrogen (secondary N) is 1. The molecule has 1 aliphatic rings. The quantitative estimate of drug-likeness (QED) is 0.802. The number of aromatic nitrogens is 1. The van der Waals surface area contributed by atoms with E-state index >= 15 is 0 Å².